The fourth-order valence-corrected chi connectivity index (χ4v) is 1.82. The summed E-state index contributed by atoms with van der Waals surface area (Å²) in [5, 5.41) is 0.818. The molecule has 6 heteroatoms. The Kier molecular flexibility index (Phi) is 3.17. The van der Waals surface area contributed by atoms with Crippen LogP contribution in [-0.2, 0) is 0 Å². The first-order chi connectivity index (χ1) is 6.40. The summed E-state index contributed by atoms with van der Waals surface area (Å²) in [6.45, 7) is 6.31. The molecule has 0 spiro atoms. The van der Waals surface area contributed by atoms with Gasteiger partial charge in [-0.1, -0.05) is 20.8 Å². The molecule has 1 aromatic heterocycles. The van der Waals surface area contributed by atoms with Crippen molar-refractivity contribution >= 4 is 23.5 Å². The number of aromatic nitrogens is 2. The first kappa shape index (κ1) is 11.1. The lowest BCUT2D eigenvalue weighted by Gasteiger charge is -2.16. The number of thioether (sulfide) groups is 1. The smallest absolute Gasteiger partial charge is 0.223 e. The van der Waals surface area contributed by atoms with Crippen LogP contribution in [-0.4, -0.2) is 14.7 Å². The molecule has 14 heavy (non-hydrogen) atoms. The standard InChI is InChI=1S/C8H15N5S/c1-8(2,3)14-6-4-5(13-10)11-7(9)12-6/h4H,10H2,1-3H3,(H3,9,11,12,13). The van der Waals surface area contributed by atoms with E-state index in [2.05, 4.69) is 36.2 Å². The zero-order valence-electron chi connectivity index (χ0n) is 8.53. The Morgan fingerprint density at radius 2 is 2.00 bits per heavy atom. The molecule has 0 saturated heterocycles. The molecule has 0 atom stereocenters. The third-order valence-electron chi connectivity index (χ3n) is 1.28. The summed E-state index contributed by atoms with van der Waals surface area (Å²) in [5.74, 6) is 6.01. The summed E-state index contributed by atoms with van der Waals surface area (Å²) in [4.78, 5) is 8.00. The van der Waals surface area contributed by atoms with Gasteiger partial charge < -0.3 is 11.2 Å². The van der Waals surface area contributed by atoms with E-state index < -0.39 is 0 Å². The topological polar surface area (TPSA) is 89.8 Å². The van der Waals surface area contributed by atoms with E-state index in [-0.39, 0.29) is 10.7 Å². The normalized spacial score (nSPS) is 11.4. The SMILES string of the molecule is CC(C)(C)Sc1cc(NN)nc(N)n1. The van der Waals surface area contributed by atoms with Crippen LogP contribution in [0.2, 0.25) is 0 Å². The Morgan fingerprint density at radius 1 is 1.36 bits per heavy atom. The first-order valence-corrected chi connectivity index (χ1v) is 5.02. The molecule has 1 rings (SSSR count). The zero-order valence-corrected chi connectivity index (χ0v) is 9.35. The van der Waals surface area contributed by atoms with E-state index in [4.69, 9.17) is 11.6 Å². The van der Waals surface area contributed by atoms with E-state index in [0.717, 1.165) is 5.03 Å². The fraction of sp³-hybridized carbons (Fsp3) is 0.500. The lowest BCUT2D eigenvalue weighted by atomic mass is 10.3. The second kappa shape index (κ2) is 4.02. The Morgan fingerprint density at radius 3 is 2.50 bits per heavy atom. The van der Waals surface area contributed by atoms with Gasteiger partial charge in [0.15, 0.2) is 0 Å². The molecular formula is C8H15N5S. The van der Waals surface area contributed by atoms with Crippen molar-refractivity contribution in [1.82, 2.24) is 9.97 Å². The van der Waals surface area contributed by atoms with Gasteiger partial charge >= 0.3 is 0 Å². The first-order valence-electron chi connectivity index (χ1n) is 4.21. The molecule has 0 aliphatic carbocycles. The molecule has 5 nitrogen and oxygen atoms in total. The maximum Gasteiger partial charge on any atom is 0.223 e. The lowest BCUT2D eigenvalue weighted by Crippen LogP contribution is -2.12. The highest BCUT2D eigenvalue weighted by molar-refractivity contribution is 8.00. The second-order valence-corrected chi connectivity index (χ2v) is 5.66. The Hall–Kier alpha value is -1.01. The van der Waals surface area contributed by atoms with E-state index in [1.807, 2.05) is 0 Å². The Labute approximate surface area is 87.7 Å². The van der Waals surface area contributed by atoms with Gasteiger partial charge in [0.25, 0.3) is 0 Å². The summed E-state index contributed by atoms with van der Waals surface area (Å²) in [6, 6.07) is 1.77. The quantitative estimate of drug-likeness (QED) is 0.296. The van der Waals surface area contributed by atoms with E-state index in [1.165, 1.54) is 0 Å². The van der Waals surface area contributed by atoms with Gasteiger partial charge in [0.2, 0.25) is 5.95 Å². The van der Waals surface area contributed by atoms with Crippen LogP contribution in [0.15, 0.2) is 11.1 Å². The minimum Gasteiger partial charge on any atom is -0.368 e. The molecule has 0 amide bonds. The highest BCUT2D eigenvalue weighted by atomic mass is 32.2. The number of nitrogens with two attached hydrogens (primary N) is 2. The van der Waals surface area contributed by atoms with Gasteiger partial charge in [0.05, 0.1) is 0 Å². The number of anilines is 2. The van der Waals surface area contributed by atoms with Crippen molar-refractivity contribution < 1.29 is 0 Å². The van der Waals surface area contributed by atoms with Gasteiger partial charge in [-0.15, -0.1) is 11.8 Å². The second-order valence-electron chi connectivity index (χ2n) is 3.81. The van der Waals surface area contributed by atoms with Crippen LogP contribution in [0.4, 0.5) is 11.8 Å². The molecule has 0 saturated carbocycles. The minimum absolute atomic E-state index is 0.0899. The van der Waals surface area contributed by atoms with Gasteiger partial charge in [0.1, 0.15) is 10.8 Å². The van der Waals surface area contributed by atoms with Crippen LogP contribution < -0.4 is 17.0 Å². The van der Waals surface area contributed by atoms with Crippen molar-refractivity contribution in [3.63, 3.8) is 0 Å². The van der Waals surface area contributed by atoms with Crippen molar-refractivity contribution in [2.45, 2.75) is 30.5 Å². The summed E-state index contributed by atoms with van der Waals surface area (Å²) in [6.07, 6.45) is 0. The number of nitrogens with one attached hydrogen (secondary N) is 1. The van der Waals surface area contributed by atoms with Gasteiger partial charge in [-0.3, -0.25) is 0 Å². The van der Waals surface area contributed by atoms with E-state index in [1.54, 1.807) is 17.8 Å². The zero-order chi connectivity index (χ0) is 10.8. The molecule has 0 unspecified atom stereocenters. The maximum atomic E-state index is 5.52. The summed E-state index contributed by atoms with van der Waals surface area (Å²) in [5.41, 5.74) is 7.97. The van der Waals surface area contributed by atoms with Crippen molar-refractivity contribution in [1.29, 1.82) is 0 Å². The molecule has 0 aliphatic heterocycles. The van der Waals surface area contributed by atoms with E-state index >= 15 is 0 Å². The molecule has 0 aromatic carbocycles. The molecule has 0 fully saturated rings. The number of hydrogen-bond acceptors (Lipinski definition) is 6. The fourth-order valence-electron chi connectivity index (χ4n) is 0.883. The Balaban J connectivity index is 2.92. The van der Waals surface area contributed by atoms with Crippen molar-refractivity contribution in [3.8, 4) is 0 Å². The molecule has 1 heterocycles. The van der Waals surface area contributed by atoms with Gasteiger partial charge in [0, 0.05) is 10.8 Å². The van der Waals surface area contributed by atoms with Crippen LogP contribution in [0.1, 0.15) is 20.8 Å². The van der Waals surface area contributed by atoms with E-state index in [0.29, 0.717) is 5.82 Å². The van der Waals surface area contributed by atoms with Crippen LogP contribution >= 0.6 is 11.8 Å². The van der Waals surface area contributed by atoms with Crippen LogP contribution in [0.5, 0.6) is 0 Å². The lowest BCUT2D eigenvalue weighted by molar-refractivity contribution is 0.799. The molecular weight excluding hydrogens is 198 g/mol. The Bertz CT molecular complexity index is 320. The third kappa shape index (κ3) is 3.39. The van der Waals surface area contributed by atoms with Crippen LogP contribution in [0.3, 0.4) is 0 Å². The summed E-state index contributed by atoms with van der Waals surface area (Å²) >= 11 is 1.62. The highest BCUT2D eigenvalue weighted by Gasteiger charge is 2.14. The van der Waals surface area contributed by atoms with Crippen LogP contribution in [0.25, 0.3) is 0 Å². The molecule has 5 N–H and O–H groups in total. The number of rotatable bonds is 2. The molecule has 0 aliphatic rings. The number of hydrogen-bond donors (Lipinski definition) is 3. The average Bonchev–Trinajstić information content (AvgIpc) is 1.99. The average molecular weight is 213 g/mol. The predicted molar refractivity (Wildman–Crippen MR) is 59.9 cm³/mol. The summed E-state index contributed by atoms with van der Waals surface area (Å²) in [7, 11) is 0. The van der Waals surface area contributed by atoms with Crippen LogP contribution in [0, 0.1) is 0 Å². The molecule has 78 valence electrons. The predicted octanol–water partition coefficient (Wildman–Crippen LogP) is 1.23. The van der Waals surface area contributed by atoms with Gasteiger partial charge in [-0.05, 0) is 0 Å². The third-order valence-corrected chi connectivity index (χ3v) is 2.31. The monoisotopic (exact) mass is 213 g/mol. The van der Waals surface area contributed by atoms with Gasteiger partial charge in [-0.2, -0.15) is 4.98 Å². The van der Waals surface area contributed by atoms with Crippen molar-refractivity contribution in [3.05, 3.63) is 6.07 Å². The minimum atomic E-state index is 0.0899. The van der Waals surface area contributed by atoms with Gasteiger partial charge in [-0.25, -0.2) is 10.8 Å². The maximum absolute atomic E-state index is 5.52. The van der Waals surface area contributed by atoms with Crippen molar-refractivity contribution in [2.24, 2.45) is 5.84 Å². The van der Waals surface area contributed by atoms with E-state index in [9.17, 15) is 0 Å². The molecule has 0 radical (unpaired) electrons. The number of nitrogen functional groups attached to an aromatic ring is 2. The highest BCUT2D eigenvalue weighted by Crippen LogP contribution is 2.31. The molecule has 1 aromatic rings. The number of nitrogens with zero attached hydrogens (tertiary/aromatic N) is 2. The largest absolute Gasteiger partial charge is 0.368 e. The molecule has 0 bridgehead atoms. The number of hydrazine groups is 1. The van der Waals surface area contributed by atoms with Crippen molar-refractivity contribution in [2.75, 3.05) is 11.2 Å². The summed E-state index contributed by atoms with van der Waals surface area (Å²) < 4.78 is 0.0899.